The van der Waals surface area contributed by atoms with E-state index < -0.39 is 17.1 Å². The third-order valence-electron chi connectivity index (χ3n) is 6.16. The number of methoxy groups -OCH3 is 2. The first-order chi connectivity index (χ1) is 12.4. The van der Waals surface area contributed by atoms with Gasteiger partial charge in [0.15, 0.2) is 11.5 Å². The molecule has 0 bridgehead atoms. The summed E-state index contributed by atoms with van der Waals surface area (Å²) in [7, 11) is 2.99. The number of carbonyl (C=O) groups is 2. The Bertz CT molecular complexity index is 856. The number of piperidine rings is 1. The van der Waals surface area contributed by atoms with Crippen LogP contribution in [-0.4, -0.2) is 42.7 Å². The minimum Gasteiger partial charge on any atom is -0.493 e. The Labute approximate surface area is 151 Å². The van der Waals surface area contributed by atoms with Gasteiger partial charge in [-0.1, -0.05) is 0 Å². The van der Waals surface area contributed by atoms with E-state index in [0.29, 0.717) is 35.6 Å². The van der Waals surface area contributed by atoms with E-state index >= 15 is 0 Å². The fourth-order valence-corrected chi connectivity index (χ4v) is 5.02. The zero-order valence-electron chi connectivity index (χ0n) is 14.7. The van der Waals surface area contributed by atoms with Crippen LogP contribution in [0.4, 0.5) is 5.69 Å². The largest absolute Gasteiger partial charge is 0.493 e. The molecule has 3 aliphatic rings. The van der Waals surface area contributed by atoms with Crippen molar-refractivity contribution in [2.24, 2.45) is 0 Å². The highest BCUT2D eigenvalue weighted by Gasteiger charge is 2.67. The number of aliphatic hydroxyl groups is 1. The second-order valence-electron chi connectivity index (χ2n) is 7.22. The van der Waals surface area contributed by atoms with Gasteiger partial charge >= 0.3 is 0 Å². The predicted molar refractivity (Wildman–Crippen MR) is 91.2 cm³/mol. The molecule has 1 aromatic carbocycles. The molecule has 2 aliphatic heterocycles. The Morgan fingerprint density at radius 3 is 2.54 bits per heavy atom. The molecule has 7 heteroatoms. The molecule has 0 radical (unpaired) electrons. The first kappa shape index (κ1) is 16.9. The van der Waals surface area contributed by atoms with Crippen LogP contribution < -0.4 is 14.4 Å². The number of nitriles is 1. The van der Waals surface area contributed by atoms with Gasteiger partial charge in [0.05, 0.1) is 49.5 Å². The number of Topliss-reactive ketones (excluding diaryl/α,β-unsaturated/α-hetero) is 1. The van der Waals surface area contributed by atoms with Crippen molar-refractivity contribution in [3.8, 4) is 17.6 Å². The number of ketones is 1. The predicted octanol–water partition coefficient (Wildman–Crippen LogP) is 1.46. The second-order valence-corrected chi connectivity index (χ2v) is 7.22. The highest BCUT2D eigenvalue weighted by atomic mass is 16.5. The molecule has 0 spiro atoms. The Morgan fingerprint density at radius 1 is 1.23 bits per heavy atom. The molecule has 0 unspecified atom stereocenters. The number of anilines is 1. The lowest BCUT2D eigenvalue weighted by molar-refractivity contribution is -0.143. The van der Waals surface area contributed by atoms with Crippen molar-refractivity contribution in [3.05, 3.63) is 17.7 Å². The zero-order valence-corrected chi connectivity index (χ0v) is 14.7. The lowest BCUT2D eigenvalue weighted by atomic mass is 9.58. The van der Waals surface area contributed by atoms with Crippen molar-refractivity contribution in [2.45, 2.75) is 49.2 Å². The van der Waals surface area contributed by atoms with Crippen LogP contribution in [0.15, 0.2) is 12.1 Å². The summed E-state index contributed by atoms with van der Waals surface area (Å²) >= 11 is 0. The van der Waals surface area contributed by atoms with E-state index in [2.05, 4.69) is 6.07 Å². The number of ether oxygens (including phenoxy) is 2. The molecule has 4 rings (SSSR count). The van der Waals surface area contributed by atoms with E-state index in [0.717, 1.165) is 0 Å². The van der Waals surface area contributed by atoms with Crippen molar-refractivity contribution in [3.63, 3.8) is 0 Å². The summed E-state index contributed by atoms with van der Waals surface area (Å²) in [5, 5.41) is 20.8. The molecule has 136 valence electrons. The smallest absolute Gasteiger partial charge is 0.227 e. The van der Waals surface area contributed by atoms with Crippen LogP contribution in [0.1, 0.15) is 37.7 Å². The minimum absolute atomic E-state index is 0.0922. The molecule has 1 aliphatic carbocycles. The first-order valence-corrected chi connectivity index (χ1v) is 8.64. The molecule has 7 nitrogen and oxygen atoms in total. The molecule has 0 aromatic heterocycles. The standard InChI is InChI=1S/C19H20N2O5/c1-25-13-9-11-12(10-14(13)26-2)21-16(23)4-6-18(24)5-3-15(22)19(11,7-8-20)17(18)21/h9-10,17,24H,3-7H2,1-2H3/t17-,18-,19+/m1/s1. The highest BCUT2D eigenvalue weighted by Crippen LogP contribution is 2.59. The summed E-state index contributed by atoms with van der Waals surface area (Å²) in [5.74, 6) is 0.603. The Balaban J connectivity index is 2.06. The summed E-state index contributed by atoms with van der Waals surface area (Å²) in [6, 6.07) is 4.71. The van der Waals surface area contributed by atoms with Gasteiger partial charge in [0, 0.05) is 18.9 Å². The van der Waals surface area contributed by atoms with E-state index in [1.165, 1.54) is 19.1 Å². The van der Waals surface area contributed by atoms with E-state index in [1.807, 2.05) is 0 Å². The molecule has 1 amide bonds. The van der Waals surface area contributed by atoms with Gasteiger partial charge in [0.2, 0.25) is 5.91 Å². The molecule has 2 heterocycles. The molecule has 3 atom stereocenters. The molecular formula is C19H20N2O5. The Hall–Kier alpha value is -2.59. The monoisotopic (exact) mass is 356 g/mol. The van der Waals surface area contributed by atoms with Gasteiger partial charge < -0.3 is 19.5 Å². The summed E-state index contributed by atoms with van der Waals surface area (Å²) in [4.78, 5) is 27.4. The number of fused-ring (bicyclic) bond motifs is 3. The summed E-state index contributed by atoms with van der Waals surface area (Å²) in [5.41, 5.74) is -1.31. The number of benzene rings is 1. The van der Waals surface area contributed by atoms with Crippen molar-refractivity contribution in [1.82, 2.24) is 0 Å². The molecule has 2 fully saturated rings. The van der Waals surface area contributed by atoms with Gasteiger partial charge in [0.1, 0.15) is 5.78 Å². The number of nitrogens with zero attached hydrogens (tertiary/aromatic N) is 2. The SMILES string of the molecule is COc1cc2c(cc1OC)[C@@]1(CC#N)C(=O)CC[C@@]3(O)CCC(=O)N2[C@H]31. The maximum Gasteiger partial charge on any atom is 0.227 e. The Kier molecular flexibility index (Phi) is 3.53. The molecule has 1 saturated carbocycles. The van der Waals surface area contributed by atoms with Gasteiger partial charge in [-0.3, -0.25) is 9.59 Å². The lowest BCUT2D eigenvalue weighted by Gasteiger charge is -2.52. The zero-order chi connectivity index (χ0) is 18.7. The second kappa shape index (κ2) is 5.45. The van der Waals surface area contributed by atoms with Gasteiger partial charge in [-0.15, -0.1) is 0 Å². The quantitative estimate of drug-likeness (QED) is 0.880. The van der Waals surface area contributed by atoms with E-state index in [9.17, 15) is 20.0 Å². The van der Waals surface area contributed by atoms with Crippen molar-refractivity contribution in [2.75, 3.05) is 19.1 Å². The van der Waals surface area contributed by atoms with Crippen LogP contribution in [0.5, 0.6) is 11.5 Å². The third kappa shape index (κ3) is 1.85. The van der Waals surface area contributed by atoms with Crippen LogP contribution in [0.3, 0.4) is 0 Å². The average molecular weight is 356 g/mol. The van der Waals surface area contributed by atoms with Crippen LogP contribution >= 0.6 is 0 Å². The molecule has 1 N–H and O–H groups in total. The fraction of sp³-hybridized carbons (Fsp3) is 0.526. The normalized spacial score (nSPS) is 31.9. The number of rotatable bonds is 3. The molecular weight excluding hydrogens is 336 g/mol. The average Bonchev–Trinajstić information content (AvgIpc) is 2.94. The van der Waals surface area contributed by atoms with Gasteiger partial charge in [-0.25, -0.2) is 0 Å². The number of carbonyl (C=O) groups excluding carboxylic acids is 2. The summed E-state index contributed by atoms with van der Waals surface area (Å²) < 4.78 is 10.7. The van der Waals surface area contributed by atoms with Crippen LogP contribution in [0, 0.1) is 11.3 Å². The van der Waals surface area contributed by atoms with E-state index in [4.69, 9.17) is 9.47 Å². The fourth-order valence-electron chi connectivity index (χ4n) is 5.02. The highest BCUT2D eigenvalue weighted by molar-refractivity contribution is 6.06. The minimum atomic E-state index is -1.23. The maximum atomic E-state index is 13.1. The third-order valence-corrected chi connectivity index (χ3v) is 6.16. The van der Waals surface area contributed by atoms with Crippen molar-refractivity contribution < 1.29 is 24.2 Å². The molecule has 26 heavy (non-hydrogen) atoms. The van der Waals surface area contributed by atoms with Gasteiger partial charge in [0.25, 0.3) is 0 Å². The summed E-state index contributed by atoms with van der Waals surface area (Å²) in [6.45, 7) is 0. The number of amides is 1. The van der Waals surface area contributed by atoms with Crippen LogP contribution in [-0.2, 0) is 15.0 Å². The van der Waals surface area contributed by atoms with Gasteiger partial charge in [-0.05, 0) is 24.5 Å². The Morgan fingerprint density at radius 2 is 1.88 bits per heavy atom. The topological polar surface area (TPSA) is 99.9 Å². The lowest BCUT2D eigenvalue weighted by Crippen LogP contribution is -2.68. The van der Waals surface area contributed by atoms with E-state index in [1.54, 1.807) is 12.1 Å². The van der Waals surface area contributed by atoms with Crippen molar-refractivity contribution in [1.29, 1.82) is 5.26 Å². The van der Waals surface area contributed by atoms with Crippen molar-refractivity contribution >= 4 is 17.4 Å². The van der Waals surface area contributed by atoms with Crippen LogP contribution in [0.25, 0.3) is 0 Å². The summed E-state index contributed by atoms with van der Waals surface area (Å²) in [6.07, 6.45) is 0.901. The van der Waals surface area contributed by atoms with E-state index in [-0.39, 0.29) is 31.0 Å². The molecule has 1 aromatic rings. The van der Waals surface area contributed by atoms with Crippen LogP contribution in [0.2, 0.25) is 0 Å². The molecule has 1 saturated heterocycles. The number of hydrogen-bond donors (Lipinski definition) is 1. The number of hydrogen-bond acceptors (Lipinski definition) is 6. The maximum absolute atomic E-state index is 13.1. The van der Waals surface area contributed by atoms with Gasteiger partial charge in [-0.2, -0.15) is 5.26 Å². The first-order valence-electron chi connectivity index (χ1n) is 8.64.